The molecule has 7 nitrogen and oxygen atoms in total. The molecule has 1 aromatic carbocycles. The van der Waals surface area contributed by atoms with E-state index in [0.29, 0.717) is 24.3 Å². The van der Waals surface area contributed by atoms with Gasteiger partial charge >= 0.3 is 0 Å². The van der Waals surface area contributed by atoms with E-state index in [0.717, 1.165) is 17.0 Å². The summed E-state index contributed by atoms with van der Waals surface area (Å²) in [6, 6.07) is 9.21. The van der Waals surface area contributed by atoms with Gasteiger partial charge < -0.3 is 14.6 Å². The van der Waals surface area contributed by atoms with Crippen LogP contribution in [0.25, 0.3) is 0 Å². The van der Waals surface area contributed by atoms with Crippen molar-refractivity contribution in [3.05, 3.63) is 87.4 Å². The number of carbonyl (C=O) groups is 1. The van der Waals surface area contributed by atoms with Crippen LogP contribution in [0.3, 0.4) is 0 Å². The number of hydrogen-bond acceptors (Lipinski definition) is 5. The van der Waals surface area contributed by atoms with Gasteiger partial charge in [-0.05, 0) is 56.5 Å². The lowest BCUT2D eigenvalue weighted by Crippen LogP contribution is -2.36. The Kier molecular flexibility index (Phi) is 7.18. The van der Waals surface area contributed by atoms with Crippen molar-refractivity contribution >= 4 is 5.91 Å². The predicted molar refractivity (Wildman–Crippen MR) is 119 cm³/mol. The molecule has 1 unspecified atom stereocenters. The van der Waals surface area contributed by atoms with Crippen LogP contribution in [0.1, 0.15) is 59.2 Å². The van der Waals surface area contributed by atoms with E-state index in [4.69, 9.17) is 4.74 Å². The highest BCUT2D eigenvalue weighted by atomic mass is 16.5. The highest BCUT2D eigenvalue weighted by Crippen LogP contribution is 2.21. The van der Waals surface area contributed by atoms with Crippen molar-refractivity contribution in [1.82, 2.24) is 19.9 Å². The second kappa shape index (κ2) is 10.0. The number of hydrogen-bond donors (Lipinski definition) is 1. The van der Waals surface area contributed by atoms with Gasteiger partial charge in [0.2, 0.25) is 0 Å². The maximum Gasteiger partial charge on any atom is 0.264 e. The fourth-order valence-electron chi connectivity index (χ4n) is 3.36. The van der Waals surface area contributed by atoms with Crippen molar-refractivity contribution in [3.63, 3.8) is 0 Å². The second-order valence-electron chi connectivity index (χ2n) is 7.39. The SMILES string of the molecule is CCOc1ccc(C(CC)NC(=O)c2c(C)ccn(Cc3cnc(C)cn3)c2=O)cc1. The van der Waals surface area contributed by atoms with E-state index >= 15 is 0 Å². The van der Waals surface area contributed by atoms with Crippen LogP contribution in [-0.2, 0) is 6.54 Å². The van der Waals surface area contributed by atoms with E-state index in [-0.39, 0.29) is 29.6 Å². The smallest absolute Gasteiger partial charge is 0.264 e. The van der Waals surface area contributed by atoms with Gasteiger partial charge in [-0.25, -0.2) is 0 Å². The zero-order valence-corrected chi connectivity index (χ0v) is 18.4. The molecular formula is C24H28N4O3. The van der Waals surface area contributed by atoms with Crippen LogP contribution in [0.2, 0.25) is 0 Å². The molecular weight excluding hydrogens is 392 g/mol. The molecule has 0 saturated heterocycles. The lowest BCUT2D eigenvalue weighted by atomic mass is 10.0. The monoisotopic (exact) mass is 420 g/mol. The quantitative estimate of drug-likeness (QED) is 0.602. The van der Waals surface area contributed by atoms with Crippen molar-refractivity contribution in [2.75, 3.05) is 6.61 Å². The summed E-state index contributed by atoms with van der Waals surface area (Å²) in [7, 11) is 0. The number of benzene rings is 1. The Morgan fingerprint density at radius 2 is 1.84 bits per heavy atom. The molecule has 1 amide bonds. The number of pyridine rings is 1. The molecule has 0 aliphatic carbocycles. The van der Waals surface area contributed by atoms with E-state index in [1.807, 2.05) is 45.0 Å². The molecule has 0 aliphatic heterocycles. The summed E-state index contributed by atoms with van der Waals surface area (Å²) in [4.78, 5) is 34.6. The first-order valence-corrected chi connectivity index (χ1v) is 10.4. The fourth-order valence-corrected chi connectivity index (χ4v) is 3.36. The van der Waals surface area contributed by atoms with Gasteiger partial charge in [-0.3, -0.25) is 19.6 Å². The maximum absolute atomic E-state index is 13.1. The predicted octanol–water partition coefficient (Wildman–Crippen LogP) is 3.58. The van der Waals surface area contributed by atoms with Crippen molar-refractivity contribution in [2.45, 2.75) is 46.7 Å². The van der Waals surface area contributed by atoms with E-state index in [1.54, 1.807) is 31.6 Å². The fraction of sp³-hybridized carbons (Fsp3) is 0.333. The molecule has 0 saturated carbocycles. The van der Waals surface area contributed by atoms with Gasteiger partial charge in [0.15, 0.2) is 0 Å². The van der Waals surface area contributed by atoms with Crippen molar-refractivity contribution in [3.8, 4) is 5.75 Å². The third-order valence-electron chi connectivity index (χ3n) is 5.07. The Morgan fingerprint density at radius 1 is 1.10 bits per heavy atom. The van der Waals surface area contributed by atoms with Crippen molar-refractivity contribution < 1.29 is 9.53 Å². The minimum Gasteiger partial charge on any atom is -0.494 e. The normalized spacial score (nSPS) is 11.7. The highest BCUT2D eigenvalue weighted by molar-refractivity contribution is 5.95. The first-order valence-electron chi connectivity index (χ1n) is 10.4. The van der Waals surface area contributed by atoms with Crippen LogP contribution in [0, 0.1) is 13.8 Å². The average Bonchev–Trinajstić information content (AvgIpc) is 2.76. The standard InChI is InChI=1S/C24H28N4O3/c1-5-21(18-7-9-20(10-8-18)31-6-2)27-23(29)22-16(3)11-12-28(24(22)30)15-19-14-25-17(4)13-26-19/h7-14,21H,5-6,15H2,1-4H3,(H,27,29). The number of ether oxygens (including phenoxy) is 1. The lowest BCUT2D eigenvalue weighted by Gasteiger charge is -2.19. The van der Waals surface area contributed by atoms with Crippen LogP contribution in [-0.4, -0.2) is 27.0 Å². The Balaban J connectivity index is 1.82. The van der Waals surface area contributed by atoms with Gasteiger partial charge in [-0.1, -0.05) is 19.1 Å². The molecule has 1 atom stereocenters. The van der Waals surface area contributed by atoms with E-state index in [1.165, 1.54) is 4.57 Å². The zero-order valence-electron chi connectivity index (χ0n) is 18.4. The topological polar surface area (TPSA) is 86.1 Å². The third kappa shape index (κ3) is 5.36. The number of amides is 1. The minimum atomic E-state index is -0.382. The largest absolute Gasteiger partial charge is 0.494 e. The van der Waals surface area contributed by atoms with Crippen molar-refractivity contribution in [2.24, 2.45) is 0 Å². The summed E-state index contributed by atoms with van der Waals surface area (Å²) in [6.45, 7) is 8.40. The first-order chi connectivity index (χ1) is 14.9. The molecule has 0 aliphatic rings. The molecule has 0 bridgehead atoms. The number of carbonyl (C=O) groups excluding carboxylic acids is 1. The summed E-state index contributed by atoms with van der Waals surface area (Å²) in [6.07, 6.45) is 5.67. The van der Waals surface area contributed by atoms with Crippen LogP contribution in [0.15, 0.2) is 53.7 Å². The molecule has 2 heterocycles. The molecule has 0 spiro atoms. The summed E-state index contributed by atoms with van der Waals surface area (Å²) in [5.41, 5.74) is 2.86. The first kappa shape index (κ1) is 22.2. The zero-order chi connectivity index (χ0) is 22.4. The van der Waals surface area contributed by atoms with Crippen LogP contribution in [0.5, 0.6) is 5.75 Å². The Bertz CT molecular complexity index is 1090. The van der Waals surface area contributed by atoms with Gasteiger partial charge in [0.25, 0.3) is 11.5 Å². The molecule has 3 aromatic rings. The van der Waals surface area contributed by atoms with Gasteiger partial charge in [0.05, 0.1) is 36.8 Å². The number of aromatic nitrogens is 3. The van der Waals surface area contributed by atoms with Gasteiger partial charge in [-0.15, -0.1) is 0 Å². The van der Waals surface area contributed by atoms with Crippen LogP contribution < -0.4 is 15.6 Å². The molecule has 2 aromatic heterocycles. The van der Waals surface area contributed by atoms with Gasteiger partial charge in [-0.2, -0.15) is 0 Å². The van der Waals surface area contributed by atoms with Gasteiger partial charge in [0, 0.05) is 12.4 Å². The van der Waals surface area contributed by atoms with E-state index in [2.05, 4.69) is 15.3 Å². The van der Waals surface area contributed by atoms with Crippen molar-refractivity contribution in [1.29, 1.82) is 0 Å². The third-order valence-corrected chi connectivity index (χ3v) is 5.07. The number of rotatable bonds is 8. The highest BCUT2D eigenvalue weighted by Gasteiger charge is 2.20. The maximum atomic E-state index is 13.1. The van der Waals surface area contributed by atoms with Crippen LogP contribution >= 0.6 is 0 Å². The molecule has 0 radical (unpaired) electrons. The van der Waals surface area contributed by atoms with E-state index in [9.17, 15) is 9.59 Å². The number of nitrogens with one attached hydrogen (secondary N) is 1. The Labute approximate surface area is 182 Å². The summed E-state index contributed by atoms with van der Waals surface area (Å²) in [5, 5.41) is 3.01. The molecule has 0 fully saturated rings. The molecule has 31 heavy (non-hydrogen) atoms. The van der Waals surface area contributed by atoms with E-state index < -0.39 is 0 Å². The summed E-state index contributed by atoms with van der Waals surface area (Å²) >= 11 is 0. The number of aryl methyl sites for hydroxylation is 2. The Morgan fingerprint density at radius 3 is 2.45 bits per heavy atom. The minimum absolute atomic E-state index is 0.145. The molecule has 3 rings (SSSR count). The average molecular weight is 421 g/mol. The Hall–Kier alpha value is -3.48. The second-order valence-corrected chi connectivity index (χ2v) is 7.39. The summed E-state index contributed by atoms with van der Waals surface area (Å²) in [5.74, 6) is 0.404. The lowest BCUT2D eigenvalue weighted by molar-refractivity contribution is 0.0932. The molecule has 162 valence electrons. The van der Waals surface area contributed by atoms with Gasteiger partial charge in [0.1, 0.15) is 11.3 Å². The molecule has 7 heteroatoms. The number of nitrogens with zero attached hydrogens (tertiary/aromatic N) is 3. The summed E-state index contributed by atoms with van der Waals surface area (Å²) < 4.78 is 6.97. The van der Waals surface area contributed by atoms with Crippen LogP contribution in [0.4, 0.5) is 0 Å². The molecule has 1 N–H and O–H groups in total.